The molecule has 0 amide bonds. The van der Waals surface area contributed by atoms with Crippen molar-refractivity contribution < 1.29 is 9.90 Å². The Morgan fingerprint density at radius 1 is 1.37 bits per heavy atom. The summed E-state index contributed by atoms with van der Waals surface area (Å²) in [6, 6.07) is 7.08. The number of rotatable bonds is 5. The van der Waals surface area contributed by atoms with Crippen molar-refractivity contribution in [2.45, 2.75) is 31.3 Å². The van der Waals surface area contributed by atoms with Gasteiger partial charge in [0.05, 0.1) is 17.2 Å². The van der Waals surface area contributed by atoms with Gasteiger partial charge in [0.2, 0.25) is 0 Å². The number of benzene rings is 1. The molecule has 1 saturated carbocycles. The van der Waals surface area contributed by atoms with Gasteiger partial charge in [-0.2, -0.15) is 0 Å². The molecule has 1 aromatic carbocycles. The fourth-order valence-corrected chi connectivity index (χ4v) is 3.01. The summed E-state index contributed by atoms with van der Waals surface area (Å²) in [7, 11) is 1.87. The third-order valence-electron chi connectivity index (χ3n) is 3.69. The number of carbonyl (C=O) groups excluding carboxylic acids is 1. The van der Waals surface area contributed by atoms with E-state index < -0.39 is 5.60 Å². The van der Waals surface area contributed by atoms with Crippen LogP contribution in [0, 0.1) is 0 Å². The van der Waals surface area contributed by atoms with Gasteiger partial charge < -0.3 is 5.11 Å². The molecular weight excluding hydrogens is 262 g/mol. The van der Waals surface area contributed by atoms with E-state index in [1.54, 1.807) is 12.1 Å². The maximum Gasteiger partial charge on any atom is 0.178 e. The first kappa shape index (κ1) is 14.5. The quantitative estimate of drug-likeness (QED) is 0.844. The van der Waals surface area contributed by atoms with Crippen molar-refractivity contribution in [1.82, 2.24) is 4.90 Å². The van der Waals surface area contributed by atoms with Crippen LogP contribution in [0.2, 0.25) is 5.02 Å². The van der Waals surface area contributed by atoms with Gasteiger partial charge in [0, 0.05) is 12.1 Å². The van der Waals surface area contributed by atoms with Gasteiger partial charge in [0.25, 0.3) is 0 Å². The molecule has 19 heavy (non-hydrogen) atoms. The minimum Gasteiger partial charge on any atom is -0.389 e. The average Bonchev–Trinajstić information content (AvgIpc) is 2.75. The summed E-state index contributed by atoms with van der Waals surface area (Å²) in [5, 5.41) is 10.8. The van der Waals surface area contributed by atoms with Crippen LogP contribution >= 0.6 is 11.6 Å². The largest absolute Gasteiger partial charge is 0.389 e. The average molecular weight is 282 g/mol. The van der Waals surface area contributed by atoms with E-state index in [4.69, 9.17) is 11.6 Å². The van der Waals surface area contributed by atoms with Crippen LogP contribution in [0.3, 0.4) is 0 Å². The van der Waals surface area contributed by atoms with Crippen molar-refractivity contribution in [3.05, 3.63) is 34.9 Å². The number of nitrogens with zero attached hydrogens (tertiary/aromatic N) is 1. The molecule has 1 aliphatic rings. The van der Waals surface area contributed by atoms with Crippen LogP contribution in [-0.4, -0.2) is 41.5 Å². The van der Waals surface area contributed by atoms with Crippen molar-refractivity contribution >= 4 is 17.4 Å². The first-order chi connectivity index (χ1) is 9.00. The lowest BCUT2D eigenvalue weighted by atomic mass is 10.0. The fraction of sp³-hybridized carbons (Fsp3) is 0.533. The molecule has 1 aliphatic carbocycles. The van der Waals surface area contributed by atoms with E-state index in [1.807, 2.05) is 24.1 Å². The summed E-state index contributed by atoms with van der Waals surface area (Å²) in [5.41, 5.74) is -0.0652. The number of likely N-dealkylation sites (N-methyl/N-ethyl adjacent to an activating group) is 1. The number of aliphatic hydroxyl groups is 1. The first-order valence-electron chi connectivity index (χ1n) is 6.69. The van der Waals surface area contributed by atoms with Crippen molar-refractivity contribution in [3.8, 4) is 0 Å². The highest BCUT2D eigenvalue weighted by molar-refractivity contribution is 6.34. The summed E-state index contributed by atoms with van der Waals surface area (Å²) >= 11 is 6.01. The van der Waals surface area contributed by atoms with E-state index in [2.05, 4.69) is 0 Å². The van der Waals surface area contributed by atoms with E-state index >= 15 is 0 Å². The summed E-state index contributed by atoms with van der Waals surface area (Å²) in [6.45, 7) is 0.829. The maximum absolute atomic E-state index is 12.1. The first-order valence-corrected chi connectivity index (χ1v) is 7.07. The predicted molar refractivity (Wildman–Crippen MR) is 76.7 cm³/mol. The number of halogens is 1. The van der Waals surface area contributed by atoms with E-state index in [0.29, 0.717) is 17.1 Å². The molecule has 0 atom stereocenters. The molecule has 0 bridgehead atoms. The zero-order chi connectivity index (χ0) is 13.9. The standard InChI is InChI=1S/C15H20ClNO2/c1-17(11-15(19)8-4-5-9-15)10-14(18)12-6-2-3-7-13(12)16/h2-3,6-7,19H,4-5,8-11H2,1H3. The van der Waals surface area contributed by atoms with E-state index in [-0.39, 0.29) is 12.3 Å². The second kappa shape index (κ2) is 6.04. The molecule has 0 unspecified atom stereocenters. The van der Waals surface area contributed by atoms with Crippen LogP contribution in [0.1, 0.15) is 36.0 Å². The van der Waals surface area contributed by atoms with Crippen LogP contribution < -0.4 is 0 Å². The third-order valence-corrected chi connectivity index (χ3v) is 4.02. The van der Waals surface area contributed by atoms with Crippen molar-refractivity contribution in [3.63, 3.8) is 0 Å². The molecule has 2 rings (SSSR count). The smallest absolute Gasteiger partial charge is 0.178 e. The van der Waals surface area contributed by atoms with Crippen LogP contribution in [0.5, 0.6) is 0 Å². The molecule has 1 fully saturated rings. The highest BCUT2D eigenvalue weighted by Gasteiger charge is 2.32. The van der Waals surface area contributed by atoms with Crippen LogP contribution in [0.4, 0.5) is 0 Å². The van der Waals surface area contributed by atoms with Gasteiger partial charge in [-0.3, -0.25) is 9.69 Å². The van der Waals surface area contributed by atoms with Gasteiger partial charge in [0.15, 0.2) is 5.78 Å². The fourth-order valence-electron chi connectivity index (χ4n) is 2.77. The molecule has 0 aliphatic heterocycles. The lowest BCUT2D eigenvalue weighted by Crippen LogP contribution is -2.41. The molecule has 4 heteroatoms. The summed E-state index contributed by atoms with van der Waals surface area (Å²) in [5.74, 6) is -0.00491. The highest BCUT2D eigenvalue weighted by atomic mass is 35.5. The van der Waals surface area contributed by atoms with Gasteiger partial charge in [-0.15, -0.1) is 0 Å². The topological polar surface area (TPSA) is 40.5 Å². The zero-order valence-corrected chi connectivity index (χ0v) is 12.0. The third kappa shape index (κ3) is 3.78. The monoisotopic (exact) mass is 281 g/mol. The number of ketones is 1. The van der Waals surface area contributed by atoms with E-state index in [9.17, 15) is 9.90 Å². The SMILES string of the molecule is CN(CC(=O)c1ccccc1Cl)CC1(O)CCCC1. The van der Waals surface area contributed by atoms with Gasteiger partial charge in [-0.25, -0.2) is 0 Å². The molecule has 1 N–H and O–H groups in total. The summed E-state index contributed by atoms with van der Waals surface area (Å²) in [6.07, 6.45) is 3.81. The van der Waals surface area contributed by atoms with Crippen LogP contribution in [0.25, 0.3) is 0 Å². The number of hydrogen-bond acceptors (Lipinski definition) is 3. The minimum absolute atomic E-state index is 0.00491. The Balaban J connectivity index is 1.94. The van der Waals surface area contributed by atoms with Crippen LogP contribution in [0.15, 0.2) is 24.3 Å². The Labute approximate surface area is 119 Å². The Bertz CT molecular complexity index is 455. The maximum atomic E-state index is 12.1. The molecule has 1 aromatic rings. The second-order valence-corrected chi connectivity index (χ2v) is 5.91. The van der Waals surface area contributed by atoms with Gasteiger partial charge in [-0.05, 0) is 32.0 Å². The normalized spacial score (nSPS) is 17.9. The molecule has 0 heterocycles. The highest BCUT2D eigenvalue weighted by Crippen LogP contribution is 2.30. The molecule has 3 nitrogen and oxygen atoms in total. The number of carbonyl (C=O) groups is 1. The molecule has 0 saturated heterocycles. The predicted octanol–water partition coefficient (Wildman–Crippen LogP) is 2.76. The minimum atomic E-state index is -0.616. The van der Waals surface area contributed by atoms with Crippen LogP contribution in [-0.2, 0) is 0 Å². The van der Waals surface area contributed by atoms with E-state index in [1.165, 1.54) is 0 Å². The van der Waals surface area contributed by atoms with E-state index in [0.717, 1.165) is 25.7 Å². The molecule has 104 valence electrons. The number of hydrogen-bond donors (Lipinski definition) is 1. The van der Waals surface area contributed by atoms with Gasteiger partial charge >= 0.3 is 0 Å². The Hall–Kier alpha value is -0.900. The Morgan fingerprint density at radius 2 is 2.00 bits per heavy atom. The van der Waals surface area contributed by atoms with Gasteiger partial charge in [0.1, 0.15) is 0 Å². The van der Waals surface area contributed by atoms with Gasteiger partial charge in [-0.1, -0.05) is 36.6 Å². The second-order valence-electron chi connectivity index (χ2n) is 5.51. The molecule has 0 radical (unpaired) electrons. The summed E-state index contributed by atoms with van der Waals surface area (Å²) < 4.78 is 0. The van der Waals surface area contributed by atoms with Crippen molar-refractivity contribution in [2.75, 3.05) is 20.1 Å². The van der Waals surface area contributed by atoms with Crippen molar-refractivity contribution in [2.24, 2.45) is 0 Å². The zero-order valence-electron chi connectivity index (χ0n) is 11.2. The lowest BCUT2D eigenvalue weighted by molar-refractivity contribution is 0.0172. The Kier molecular flexibility index (Phi) is 4.61. The molecule has 0 spiro atoms. The summed E-state index contributed by atoms with van der Waals surface area (Å²) in [4.78, 5) is 14.0. The lowest BCUT2D eigenvalue weighted by Gasteiger charge is -2.28. The molecule has 0 aromatic heterocycles. The molecular formula is C15H20ClNO2. The number of Topliss-reactive ketones (excluding diaryl/α,β-unsaturated/α-hetero) is 1. The van der Waals surface area contributed by atoms with Crippen molar-refractivity contribution in [1.29, 1.82) is 0 Å². The Morgan fingerprint density at radius 3 is 2.63 bits per heavy atom.